The van der Waals surface area contributed by atoms with Crippen LogP contribution in [0.25, 0.3) is 39.0 Å². The molecule has 0 fully saturated rings. The van der Waals surface area contributed by atoms with Gasteiger partial charge in [0.15, 0.2) is 0 Å². The van der Waals surface area contributed by atoms with Crippen molar-refractivity contribution in [2.24, 2.45) is 0 Å². The fourth-order valence-electron chi connectivity index (χ4n) is 6.58. The summed E-state index contributed by atoms with van der Waals surface area (Å²) in [5.74, 6) is 0.937. The lowest BCUT2D eigenvalue weighted by atomic mass is 9.89. The minimum atomic E-state index is 0.600. The van der Waals surface area contributed by atoms with Gasteiger partial charge in [0.2, 0.25) is 0 Å². The number of rotatable bonds is 6. The summed E-state index contributed by atoms with van der Waals surface area (Å²) in [5.41, 5.74) is 14.4. The molecule has 6 aromatic rings. The lowest BCUT2D eigenvalue weighted by Crippen LogP contribution is -2.10. The van der Waals surface area contributed by atoms with Gasteiger partial charge in [-0.15, -0.1) is 0 Å². The largest absolute Gasteiger partial charge is 0.488 e. The molecule has 0 spiro atoms. The average molecular weight is 580 g/mol. The third kappa shape index (κ3) is 5.25. The van der Waals surface area contributed by atoms with E-state index < -0.39 is 0 Å². The summed E-state index contributed by atoms with van der Waals surface area (Å²) in [6.45, 7) is 0.600. The maximum absolute atomic E-state index is 6.22. The molecule has 0 saturated heterocycles. The van der Waals surface area contributed by atoms with Crippen LogP contribution >= 0.6 is 0 Å². The van der Waals surface area contributed by atoms with Crippen molar-refractivity contribution in [3.63, 3.8) is 0 Å². The van der Waals surface area contributed by atoms with Gasteiger partial charge >= 0.3 is 0 Å². The molecule has 0 bridgehead atoms. The van der Waals surface area contributed by atoms with E-state index in [4.69, 9.17) is 4.74 Å². The SMILES string of the molecule is C1=CCCC(c2ccc(N(c3ccc(-c4ccccc4)cc3)c3cccc(-c4cccc5c4-c4ccccc4CO5)c3)cc2)=C1. The molecular weight excluding hydrogens is 546 g/mol. The predicted molar refractivity (Wildman–Crippen MR) is 188 cm³/mol. The van der Waals surface area contributed by atoms with E-state index in [-0.39, 0.29) is 0 Å². The quantitative estimate of drug-likeness (QED) is 0.195. The minimum absolute atomic E-state index is 0.600. The number of nitrogens with zero attached hydrogens (tertiary/aromatic N) is 1. The summed E-state index contributed by atoms with van der Waals surface area (Å²) in [6.07, 6.45) is 8.82. The monoisotopic (exact) mass is 579 g/mol. The van der Waals surface area contributed by atoms with E-state index in [2.05, 4.69) is 169 Å². The van der Waals surface area contributed by atoms with Crippen LogP contribution in [0.15, 0.2) is 164 Å². The fraction of sp³-hybridized carbons (Fsp3) is 0.0698. The van der Waals surface area contributed by atoms with E-state index >= 15 is 0 Å². The van der Waals surface area contributed by atoms with Crippen LogP contribution in [0.2, 0.25) is 0 Å². The van der Waals surface area contributed by atoms with Crippen LogP contribution < -0.4 is 9.64 Å². The first kappa shape index (κ1) is 27.0. The molecule has 8 rings (SSSR count). The van der Waals surface area contributed by atoms with Crippen molar-refractivity contribution < 1.29 is 4.74 Å². The van der Waals surface area contributed by atoms with E-state index in [1.165, 1.54) is 39.0 Å². The average Bonchev–Trinajstić information content (AvgIpc) is 3.13. The van der Waals surface area contributed by atoms with Crippen molar-refractivity contribution in [3.05, 3.63) is 175 Å². The van der Waals surface area contributed by atoms with Gasteiger partial charge in [-0.25, -0.2) is 0 Å². The van der Waals surface area contributed by atoms with Gasteiger partial charge in [0.25, 0.3) is 0 Å². The molecule has 6 aromatic carbocycles. The lowest BCUT2D eigenvalue weighted by molar-refractivity contribution is 0.302. The Kier molecular flexibility index (Phi) is 7.09. The highest BCUT2D eigenvalue weighted by molar-refractivity contribution is 5.91. The van der Waals surface area contributed by atoms with Gasteiger partial charge in [-0.05, 0) is 99.8 Å². The topological polar surface area (TPSA) is 12.5 Å². The number of hydrogen-bond acceptors (Lipinski definition) is 2. The van der Waals surface area contributed by atoms with Crippen LogP contribution in [0.5, 0.6) is 5.75 Å². The molecule has 0 aromatic heterocycles. The smallest absolute Gasteiger partial charge is 0.128 e. The summed E-state index contributed by atoms with van der Waals surface area (Å²) >= 11 is 0. The van der Waals surface area contributed by atoms with Crippen LogP contribution in [0, 0.1) is 0 Å². The molecule has 0 unspecified atom stereocenters. The Bertz CT molecular complexity index is 2040. The van der Waals surface area contributed by atoms with Gasteiger partial charge in [0.1, 0.15) is 12.4 Å². The Morgan fingerprint density at radius 3 is 1.96 bits per heavy atom. The molecule has 0 saturated carbocycles. The lowest BCUT2D eigenvalue weighted by Gasteiger charge is -2.27. The van der Waals surface area contributed by atoms with Crippen LogP contribution in [0.4, 0.5) is 17.1 Å². The zero-order valence-electron chi connectivity index (χ0n) is 25.1. The molecule has 0 radical (unpaired) electrons. The van der Waals surface area contributed by atoms with Gasteiger partial charge in [-0.1, -0.05) is 121 Å². The van der Waals surface area contributed by atoms with E-state index in [1.807, 2.05) is 0 Å². The number of benzene rings is 6. The van der Waals surface area contributed by atoms with E-state index in [0.29, 0.717) is 6.61 Å². The molecule has 0 amide bonds. The summed E-state index contributed by atoms with van der Waals surface area (Å²) in [5, 5.41) is 0. The number of fused-ring (bicyclic) bond motifs is 3. The van der Waals surface area contributed by atoms with Crippen molar-refractivity contribution in [2.75, 3.05) is 4.90 Å². The molecule has 1 aliphatic carbocycles. The molecule has 1 heterocycles. The second-order valence-electron chi connectivity index (χ2n) is 11.6. The minimum Gasteiger partial charge on any atom is -0.488 e. The van der Waals surface area contributed by atoms with Crippen LogP contribution in [0.1, 0.15) is 24.0 Å². The Balaban J connectivity index is 1.23. The van der Waals surface area contributed by atoms with Crippen LogP contribution in [-0.4, -0.2) is 0 Å². The third-order valence-electron chi connectivity index (χ3n) is 8.85. The van der Waals surface area contributed by atoms with E-state index in [0.717, 1.165) is 46.8 Å². The maximum Gasteiger partial charge on any atom is 0.128 e. The normalized spacial score (nSPS) is 13.3. The first-order valence-electron chi connectivity index (χ1n) is 15.7. The van der Waals surface area contributed by atoms with Crippen LogP contribution in [0.3, 0.4) is 0 Å². The van der Waals surface area contributed by atoms with E-state index in [9.17, 15) is 0 Å². The third-order valence-corrected chi connectivity index (χ3v) is 8.85. The highest BCUT2D eigenvalue weighted by Crippen LogP contribution is 2.45. The Morgan fingerprint density at radius 2 is 1.18 bits per heavy atom. The standard InChI is InChI=1S/C43H33NO/c1-3-11-31(12-4-1)33-21-25-37(26-22-33)44(38-27-23-34(24-28-38)32-13-5-2-6-14-32)39-17-9-16-35(29-39)40-19-10-20-42-43(40)41-18-8-7-15-36(41)30-45-42/h1-5,7-13,15-29H,6,14,30H2. The van der Waals surface area contributed by atoms with Gasteiger partial charge in [-0.2, -0.15) is 0 Å². The zero-order chi connectivity index (χ0) is 30.0. The second-order valence-corrected chi connectivity index (χ2v) is 11.6. The number of ether oxygens (including phenoxy) is 1. The zero-order valence-corrected chi connectivity index (χ0v) is 25.1. The molecular formula is C43H33NO. The summed E-state index contributed by atoms with van der Waals surface area (Å²) in [4.78, 5) is 2.36. The van der Waals surface area contributed by atoms with Crippen molar-refractivity contribution >= 4 is 22.6 Å². The first-order valence-corrected chi connectivity index (χ1v) is 15.7. The molecule has 2 aliphatic rings. The summed E-state index contributed by atoms with van der Waals surface area (Å²) in [6, 6.07) is 52.3. The second kappa shape index (κ2) is 11.8. The molecule has 216 valence electrons. The van der Waals surface area contributed by atoms with Gasteiger partial charge < -0.3 is 9.64 Å². The van der Waals surface area contributed by atoms with Crippen LogP contribution in [-0.2, 0) is 6.61 Å². The molecule has 2 heteroatoms. The van der Waals surface area contributed by atoms with Crippen molar-refractivity contribution in [1.29, 1.82) is 0 Å². The maximum atomic E-state index is 6.22. The van der Waals surface area contributed by atoms with Crippen molar-refractivity contribution in [3.8, 4) is 39.1 Å². The molecule has 0 atom stereocenters. The van der Waals surface area contributed by atoms with Gasteiger partial charge in [-0.3, -0.25) is 0 Å². The number of anilines is 3. The summed E-state index contributed by atoms with van der Waals surface area (Å²) in [7, 11) is 0. The molecule has 1 aliphatic heterocycles. The fourth-order valence-corrected chi connectivity index (χ4v) is 6.58. The molecule has 2 nitrogen and oxygen atoms in total. The Labute approximate surface area is 265 Å². The molecule has 0 N–H and O–H groups in total. The van der Waals surface area contributed by atoms with Gasteiger partial charge in [0, 0.05) is 22.6 Å². The Morgan fingerprint density at radius 1 is 0.511 bits per heavy atom. The number of hydrogen-bond donors (Lipinski definition) is 0. The predicted octanol–water partition coefficient (Wildman–Crippen LogP) is 11.8. The molecule has 45 heavy (non-hydrogen) atoms. The van der Waals surface area contributed by atoms with E-state index in [1.54, 1.807) is 0 Å². The highest BCUT2D eigenvalue weighted by Gasteiger charge is 2.22. The summed E-state index contributed by atoms with van der Waals surface area (Å²) < 4.78 is 6.22. The highest BCUT2D eigenvalue weighted by atomic mass is 16.5. The van der Waals surface area contributed by atoms with Crippen molar-refractivity contribution in [2.45, 2.75) is 19.4 Å². The Hall–Kier alpha value is -5.60. The van der Waals surface area contributed by atoms with Gasteiger partial charge in [0.05, 0.1) is 0 Å². The number of allylic oxidation sites excluding steroid dienone is 4. The first-order chi connectivity index (χ1) is 22.3. The van der Waals surface area contributed by atoms with Crippen molar-refractivity contribution in [1.82, 2.24) is 0 Å².